The van der Waals surface area contributed by atoms with Gasteiger partial charge < -0.3 is 0 Å². The van der Waals surface area contributed by atoms with Gasteiger partial charge in [0.25, 0.3) is 0 Å². The maximum absolute atomic E-state index is 5.49. The standard InChI is InChI=1S/C12H26O2Te/c1-3-5-7-9-11-13-15-14-12-10-8-6-4-2/h3-12H2,1-2H3. The second-order valence-electron chi connectivity index (χ2n) is 3.83. The van der Waals surface area contributed by atoms with E-state index >= 15 is 0 Å². The van der Waals surface area contributed by atoms with Crippen LogP contribution in [0.2, 0.25) is 0 Å². The molecule has 0 rings (SSSR count). The van der Waals surface area contributed by atoms with Gasteiger partial charge in [-0.15, -0.1) is 0 Å². The van der Waals surface area contributed by atoms with Gasteiger partial charge in [0.15, 0.2) is 0 Å². The summed E-state index contributed by atoms with van der Waals surface area (Å²) >= 11 is -0.584. The first-order valence-corrected chi connectivity index (χ1v) is 8.23. The summed E-state index contributed by atoms with van der Waals surface area (Å²) in [4.78, 5) is 0. The second kappa shape index (κ2) is 14.7. The van der Waals surface area contributed by atoms with Crippen LogP contribution in [-0.4, -0.2) is 35.0 Å². The van der Waals surface area contributed by atoms with Crippen molar-refractivity contribution >= 4 is 21.7 Å². The van der Waals surface area contributed by atoms with E-state index in [0.29, 0.717) is 0 Å². The van der Waals surface area contributed by atoms with Crippen molar-refractivity contribution < 1.29 is 6.20 Å². The average Bonchev–Trinajstić information content (AvgIpc) is 2.26. The van der Waals surface area contributed by atoms with E-state index < -0.39 is 21.7 Å². The molecule has 0 aliphatic heterocycles. The summed E-state index contributed by atoms with van der Waals surface area (Å²) in [5.41, 5.74) is 0. The number of hydrogen-bond acceptors (Lipinski definition) is 2. The molecule has 0 aromatic carbocycles. The van der Waals surface area contributed by atoms with Crippen molar-refractivity contribution in [3.63, 3.8) is 0 Å². The van der Waals surface area contributed by atoms with Crippen LogP contribution in [0.1, 0.15) is 65.2 Å². The van der Waals surface area contributed by atoms with Gasteiger partial charge in [-0.2, -0.15) is 0 Å². The molecule has 2 nitrogen and oxygen atoms in total. The van der Waals surface area contributed by atoms with Gasteiger partial charge in [-0.3, -0.25) is 0 Å². The first-order chi connectivity index (χ1) is 7.41. The fourth-order valence-electron chi connectivity index (χ4n) is 1.28. The predicted molar refractivity (Wildman–Crippen MR) is 65.9 cm³/mol. The molecular formula is C12H26O2Te. The average molecular weight is 330 g/mol. The third-order valence-corrected chi connectivity index (χ3v) is 3.76. The van der Waals surface area contributed by atoms with E-state index in [4.69, 9.17) is 6.20 Å². The fourth-order valence-corrected chi connectivity index (χ4v) is 2.53. The van der Waals surface area contributed by atoms with Crippen LogP contribution in [0, 0.1) is 0 Å². The summed E-state index contributed by atoms with van der Waals surface area (Å²) in [5.74, 6) is 0. The third kappa shape index (κ3) is 14.7. The minimum atomic E-state index is -0.584. The van der Waals surface area contributed by atoms with Crippen LogP contribution in [0.5, 0.6) is 0 Å². The van der Waals surface area contributed by atoms with Gasteiger partial charge in [0.05, 0.1) is 0 Å². The van der Waals surface area contributed by atoms with Crippen molar-refractivity contribution in [3.8, 4) is 0 Å². The van der Waals surface area contributed by atoms with Crippen molar-refractivity contribution in [1.29, 1.82) is 0 Å². The van der Waals surface area contributed by atoms with Crippen molar-refractivity contribution in [2.75, 3.05) is 13.2 Å². The Kier molecular flexibility index (Phi) is 15.4. The zero-order chi connectivity index (χ0) is 11.2. The molecule has 0 atom stereocenters. The SMILES string of the molecule is CCCCCCO[Te]OCCCCCC. The first kappa shape index (κ1) is 15.7. The zero-order valence-electron chi connectivity index (χ0n) is 10.3. The van der Waals surface area contributed by atoms with Gasteiger partial charge in [-0.1, -0.05) is 0 Å². The Labute approximate surface area is 106 Å². The normalized spacial score (nSPS) is 10.8. The molecule has 0 aliphatic carbocycles. The quantitative estimate of drug-likeness (QED) is 0.401. The zero-order valence-corrected chi connectivity index (χ0v) is 12.6. The van der Waals surface area contributed by atoms with Crippen LogP contribution < -0.4 is 0 Å². The molecule has 0 amide bonds. The number of rotatable bonds is 12. The molecule has 0 aromatic rings. The van der Waals surface area contributed by atoms with E-state index in [2.05, 4.69) is 13.8 Å². The van der Waals surface area contributed by atoms with Gasteiger partial charge in [-0.05, 0) is 0 Å². The molecule has 0 saturated carbocycles. The monoisotopic (exact) mass is 332 g/mol. The van der Waals surface area contributed by atoms with E-state index in [1.807, 2.05) is 0 Å². The molecule has 92 valence electrons. The minimum absolute atomic E-state index is 0.584. The molecule has 15 heavy (non-hydrogen) atoms. The van der Waals surface area contributed by atoms with Crippen molar-refractivity contribution in [2.45, 2.75) is 65.2 Å². The van der Waals surface area contributed by atoms with Crippen molar-refractivity contribution in [1.82, 2.24) is 0 Å². The van der Waals surface area contributed by atoms with Gasteiger partial charge in [0.1, 0.15) is 0 Å². The topological polar surface area (TPSA) is 18.5 Å². The molecule has 0 unspecified atom stereocenters. The molecule has 0 aromatic heterocycles. The molecular weight excluding hydrogens is 304 g/mol. The number of unbranched alkanes of at least 4 members (excludes halogenated alkanes) is 6. The Morgan fingerprint density at radius 3 is 1.53 bits per heavy atom. The fraction of sp³-hybridized carbons (Fsp3) is 1.00. The Hall–Kier alpha value is 0.710. The van der Waals surface area contributed by atoms with Crippen LogP contribution in [-0.2, 0) is 6.20 Å². The Morgan fingerprint density at radius 2 is 1.13 bits per heavy atom. The molecule has 0 saturated heterocycles. The Bertz CT molecular complexity index is 97.8. The van der Waals surface area contributed by atoms with Crippen LogP contribution in [0.3, 0.4) is 0 Å². The molecule has 0 heterocycles. The summed E-state index contributed by atoms with van der Waals surface area (Å²) in [6, 6.07) is 0. The van der Waals surface area contributed by atoms with E-state index in [-0.39, 0.29) is 0 Å². The van der Waals surface area contributed by atoms with Crippen LogP contribution >= 0.6 is 0 Å². The molecule has 0 bridgehead atoms. The van der Waals surface area contributed by atoms with Crippen LogP contribution in [0.4, 0.5) is 0 Å². The molecule has 0 aliphatic rings. The van der Waals surface area contributed by atoms with E-state index in [9.17, 15) is 0 Å². The number of hydrogen-bond donors (Lipinski definition) is 0. The maximum atomic E-state index is 5.49. The second-order valence-corrected chi connectivity index (χ2v) is 5.57. The molecule has 0 spiro atoms. The first-order valence-electron chi connectivity index (χ1n) is 6.32. The molecule has 0 N–H and O–H groups in total. The summed E-state index contributed by atoms with van der Waals surface area (Å²) in [6.45, 7) is 6.29. The molecule has 0 radical (unpaired) electrons. The Morgan fingerprint density at radius 1 is 0.667 bits per heavy atom. The van der Waals surface area contributed by atoms with E-state index in [0.717, 1.165) is 13.2 Å². The molecule has 3 heteroatoms. The van der Waals surface area contributed by atoms with Gasteiger partial charge in [0, 0.05) is 0 Å². The third-order valence-electron chi connectivity index (χ3n) is 2.26. The summed E-state index contributed by atoms with van der Waals surface area (Å²) < 4.78 is 11.0. The van der Waals surface area contributed by atoms with Crippen LogP contribution in [0.25, 0.3) is 0 Å². The molecule has 0 fully saturated rings. The van der Waals surface area contributed by atoms with Gasteiger partial charge >= 0.3 is 106 Å². The predicted octanol–water partition coefficient (Wildman–Crippen LogP) is 3.71. The summed E-state index contributed by atoms with van der Waals surface area (Å²) in [6.07, 6.45) is 10.3. The van der Waals surface area contributed by atoms with Gasteiger partial charge in [-0.25, -0.2) is 0 Å². The Balaban J connectivity index is 2.81. The summed E-state index contributed by atoms with van der Waals surface area (Å²) in [7, 11) is 0. The van der Waals surface area contributed by atoms with Gasteiger partial charge in [0.2, 0.25) is 0 Å². The van der Waals surface area contributed by atoms with E-state index in [1.54, 1.807) is 0 Å². The van der Waals surface area contributed by atoms with Crippen molar-refractivity contribution in [2.24, 2.45) is 0 Å². The van der Waals surface area contributed by atoms with E-state index in [1.165, 1.54) is 51.4 Å². The summed E-state index contributed by atoms with van der Waals surface area (Å²) in [5, 5.41) is 0. The van der Waals surface area contributed by atoms with Crippen LogP contribution in [0.15, 0.2) is 0 Å². The van der Waals surface area contributed by atoms with Crippen molar-refractivity contribution in [3.05, 3.63) is 0 Å².